The Morgan fingerprint density at radius 2 is 2.05 bits per heavy atom. The summed E-state index contributed by atoms with van der Waals surface area (Å²) in [6.45, 7) is 0.599. The molecule has 1 fully saturated rings. The first-order chi connectivity index (χ1) is 9.29. The molecule has 0 atom stereocenters. The maximum atomic E-state index is 12.7. The van der Waals surface area contributed by atoms with Gasteiger partial charge in [0, 0.05) is 18.1 Å². The molecule has 1 aliphatic carbocycles. The van der Waals surface area contributed by atoms with Gasteiger partial charge in [0.15, 0.2) is 0 Å². The zero-order valence-electron chi connectivity index (χ0n) is 11.0. The van der Waals surface area contributed by atoms with Gasteiger partial charge in [-0.15, -0.1) is 0 Å². The second-order valence-electron chi connectivity index (χ2n) is 5.17. The summed E-state index contributed by atoms with van der Waals surface area (Å²) in [5.41, 5.74) is -0.747. The van der Waals surface area contributed by atoms with Crippen molar-refractivity contribution in [3.63, 3.8) is 0 Å². The van der Waals surface area contributed by atoms with Crippen LogP contribution in [0.2, 0.25) is 0 Å². The molecule has 0 saturated heterocycles. The molecule has 20 heavy (non-hydrogen) atoms. The second kappa shape index (κ2) is 5.76. The quantitative estimate of drug-likeness (QED) is 0.794. The highest BCUT2D eigenvalue weighted by atomic mass is 79.9. The van der Waals surface area contributed by atoms with Gasteiger partial charge in [0.25, 0.3) is 5.91 Å². The number of benzene rings is 1. The third-order valence-electron chi connectivity index (χ3n) is 3.63. The van der Waals surface area contributed by atoms with Crippen LogP contribution in [0, 0.1) is 5.92 Å². The van der Waals surface area contributed by atoms with Gasteiger partial charge in [-0.3, -0.25) is 4.79 Å². The lowest BCUT2D eigenvalue weighted by Crippen LogP contribution is -2.34. The van der Waals surface area contributed by atoms with Crippen molar-refractivity contribution in [2.75, 3.05) is 13.6 Å². The second-order valence-corrected chi connectivity index (χ2v) is 6.03. The molecule has 1 aliphatic rings. The molecule has 0 N–H and O–H groups in total. The fourth-order valence-corrected chi connectivity index (χ4v) is 2.63. The largest absolute Gasteiger partial charge is 0.416 e. The van der Waals surface area contributed by atoms with Crippen LogP contribution < -0.4 is 0 Å². The molecule has 0 aliphatic heterocycles. The summed E-state index contributed by atoms with van der Waals surface area (Å²) in [7, 11) is 1.63. The van der Waals surface area contributed by atoms with Crippen molar-refractivity contribution in [2.45, 2.75) is 25.4 Å². The van der Waals surface area contributed by atoms with Crippen molar-refractivity contribution in [3.05, 3.63) is 33.8 Å². The van der Waals surface area contributed by atoms with Crippen LogP contribution in [0.25, 0.3) is 0 Å². The van der Waals surface area contributed by atoms with Crippen molar-refractivity contribution >= 4 is 21.8 Å². The minimum atomic E-state index is -4.44. The smallest absolute Gasteiger partial charge is 0.341 e. The van der Waals surface area contributed by atoms with Crippen LogP contribution in [0.15, 0.2) is 22.7 Å². The van der Waals surface area contributed by atoms with E-state index < -0.39 is 11.7 Å². The number of nitrogens with zero attached hydrogens (tertiary/aromatic N) is 1. The Morgan fingerprint density at radius 1 is 1.40 bits per heavy atom. The fourth-order valence-electron chi connectivity index (χ4n) is 2.22. The van der Waals surface area contributed by atoms with Gasteiger partial charge in [-0.05, 0) is 52.9 Å². The normalized spacial score (nSPS) is 15.8. The van der Waals surface area contributed by atoms with E-state index in [2.05, 4.69) is 15.9 Å². The topological polar surface area (TPSA) is 20.3 Å². The number of carbonyl (C=O) groups excluding carboxylic acids is 1. The Morgan fingerprint density at radius 3 is 2.55 bits per heavy atom. The van der Waals surface area contributed by atoms with Gasteiger partial charge in [-0.1, -0.05) is 6.42 Å². The first-order valence-electron chi connectivity index (χ1n) is 6.41. The number of hydrogen-bond donors (Lipinski definition) is 0. The molecular formula is C14H15BrF3NO. The van der Waals surface area contributed by atoms with Gasteiger partial charge in [-0.25, -0.2) is 0 Å². The van der Waals surface area contributed by atoms with E-state index in [1.165, 1.54) is 17.4 Å². The average molecular weight is 350 g/mol. The lowest BCUT2D eigenvalue weighted by molar-refractivity contribution is -0.137. The van der Waals surface area contributed by atoms with Crippen LogP contribution in [-0.4, -0.2) is 24.4 Å². The minimum absolute atomic E-state index is 0.0571. The molecule has 110 valence electrons. The molecule has 1 saturated carbocycles. The highest BCUT2D eigenvalue weighted by Gasteiger charge is 2.32. The minimum Gasteiger partial charge on any atom is -0.341 e. The Hall–Kier alpha value is -1.04. The van der Waals surface area contributed by atoms with Crippen molar-refractivity contribution in [2.24, 2.45) is 5.92 Å². The zero-order valence-corrected chi connectivity index (χ0v) is 12.6. The Kier molecular flexibility index (Phi) is 4.42. The molecule has 0 spiro atoms. The molecule has 1 amide bonds. The van der Waals surface area contributed by atoms with Gasteiger partial charge < -0.3 is 4.90 Å². The molecule has 1 aromatic carbocycles. The molecule has 0 bridgehead atoms. The Balaban J connectivity index is 2.19. The van der Waals surface area contributed by atoms with E-state index >= 15 is 0 Å². The van der Waals surface area contributed by atoms with Crippen LogP contribution in [0.3, 0.4) is 0 Å². The number of alkyl halides is 3. The predicted octanol–water partition coefficient (Wildman–Crippen LogP) is 4.34. The molecule has 6 heteroatoms. The molecule has 2 rings (SSSR count). The summed E-state index contributed by atoms with van der Waals surface area (Å²) < 4.78 is 38.5. The van der Waals surface area contributed by atoms with E-state index in [9.17, 15) is 18.0 Å². The third-order valence-corrected chi connectivity index (χ3v) is 4.32. The van der Waals surface area contributed by atoms with Gasteiger partial charge in [0.2, 0.25) is 0 Å². The lowest BCUT2D eigenvalue weighted by atomic mass is 9.85. The van der Waals surface area contributed by atoms with E-state index in [0.29, 0.717) is 16.9 Å². The summed E-state index contributed by atoms with van der Waals surface area (Å²) in [4.78, 5) is 13.8. The lowest BCUT2D eigenvalue weighted by Gasteiger charge is -2.30. The van der Waals surface area contributed by atoms with Gasteiger partial charge in [0.1, 0.15) is 0 Å². The standard InChI is InChI=1S/C14H15BrF3NO/c1-19(8-9-3-2-4-9)13(20)11-7-10(14(16,17)18)5-6-12(11)15/h5-7,9H,2-4,8H2,1H3. The van der Waals surface area contributed by atoms with Gasteiger partial charge in [-0.2, -0.15) is 13.2 Å². The summed E-state index contributed by atoms with van der Waals surface area (Å²) >= 11 is 3.15. The number of hydrogen-bond acceptors (Lipinski definition) is 1. The zero-order chi connectivity index (χ0) is 14.9. The summed E-state index contributed by atoms with van der Waals surface area (Å²) in [5.74, 6) is 0.100. The first-order valence-corrected chi connectivity index (χ1v) is 7.20. The van der Waals surface area contributed by atoms with E-state index in [1.54, 1.807) is 7.05 Å². The van der Waals surface area contributed by atoms with Crippen molar-refractivity contribution in [1.29, 1.82) is 0 Å². The van der Waals surface area contributed by atoms with E-state index in [-0.39, 0.29) is 11.5 Å². The maximum Gasteiger partial charge on any atom is 0.416 e. The van der Waals surface area contributed by atoms with E-state index in [0.717, 1.165) is 25.0 Å². The molecule has 1 aromatic rings. The molecule has 0 unspecified atom stereocenters. The van der Waals surface area contributed by atoms with Gasteiger partial charge in [0.05, 0.1) is 11.1 Å². The molecule has 0 radical (unpaired) electrons. The highest BCUT2D eigenvalue weighted by molar-refractivity contribution is 9.10. The number of halogens is 4. The number of amides is 1. The van der Waals surface area contributed by atoms with Crippen LogP contribution in [0.1, 0.15) is 35.2 Å². The van der Waals surface area contributed by atoms with Crippen molar-refractivity contribution < 1.29 is 18.0 Å². The summed E-state index contributed by atoms with van der Waals surface area (Å²) in [6.07, 6.45) is -1.11. The number of rotatable bonds is 3. The molecule has 0 heterocycles. The molecule has 0 aromatic heterocycles. The highest BCUT2D eigenvalue weighted by Crippen LogP contribution is 2.33. The van der Waals surface area contributed by atoms with Crippen molar-refractivity contribution in [1.82, 2.24) is 4.90 Å². The predicted molar refractivity (Wildman–Crippen MR) is 73.4 cm³/mol. The van der Waals surface area contributed by atoms with E-state index in [1.807, 2.05) is 0 Å². The van der Waals surface area contributed by atoms with Crippen LogP contribution in [-0.2, 0) is 6.18 Å². The summed E-state index contributed by atoms with van der Waals surface area (Å²) in [6, 6.07) is 3.14. The molecular weight excluding hydrogens is 335 g/mol. The molecule has 2 nitrogen and oxygen atoms in total. The summed E-state index contributed by atoms with van der Waals surface area (Å²) in [5, 5.41) is 0. The van der Waals surface area contributed by atoms with Crippen LogP contribution in [0.5, 0.6) is 0 Å². The van der Waals surface area contributed by atoms with Gasteiger partial charge >= 0.3 is 6.18 Å². The fraction of sp³-hybridized carbons (Fsp3) is 0.500. The third kappa shape index (κ3) is 3.34. The maximum absolute atomic E-state index is 12.7. The SMILES string of the molecule is CN(CC1CCC1)C(=O)c1cc(C(F)(F)F)ccc1Br. The van der Waals surface area contributed by atoms with Crippen LogP contribution >= 0.6 is 15.9 Å². The Bertz CT molecular complexity index is 512. The van der Waals surface area contributed by atoms with E-state index in [4.69, 9.17) is 0 Å². The monoisotopic (exact) mass is 349 g/mol. The van der Waals surface area contributed by atoms with Crippen molar-refractivity contribution in [3.8, 4) is 0 Å². The number of carbonyl (C=O) groups is 1. The Labute approximate surface area is 124 Å². The average Bonchev–Trinajstić information content (AvgIpc) is 2.31. The first kappa shape index (κ1) is 15.4. The van der Waals surface area contributed by atoms with Crippen LogP contribution in [0.4, 0.5) is 13.2 Å².